The molecule has 0 spiro atoms. The molecule has 28 heavy (non-hydrogen) atoms. The molecular weight excluding hydrogens is 386 g/mol. The molecule has 1 aliphatic heterocycles. The number of benzene rings is 1. The summed E-state index contributed by atoms with van der Waals surface area (Å²) in [4.78, 5) is 23.3. The minimum absolute atomic E-state index is 0.0929. The van der Waals surface area contributed by atoms with Gasteiger partial charge in [0.1, 0.15) is 4.83 Å². The third-order valence-corrected chi connectivity index (χ3v) is 7.53. The molecule has 0 saturated heterocycles. The highest BCUT2D eigenvalue weighted by atomic mass is 32.2. The quantitative estimate of drug-likeness (QED) is 0.323. The smallest absolute Gasteiger partial charge is 0.267 e. The van der Waals surface area contributed by atoms with Crippen LogP contribution in [0.3, 0.4) is 0 Å². The number of hydrogen-bond donors (Lipinski definition) is 0. The van der Waals surface area contributed by atoms with E-state index in [9.17, 15) is 4.79 Å². The van der Waals surface area contributed by atoms with E-state index in [1.165, 1.54) is 16.0 Å². The number of aromatic nitrogens is 2. The average molecular weight is 414 g/mol. The Balaban J connectivity index is 1.89. The van der Waals surface area contributed by atoms with Crippen LogP contribution in [0.1, 0.15) is 42.7 Å². The minimum Gasteiger partial charge on any atom is -0.298 e. The maximum absolute atomic E-state index is 13.7. The summed E-state index contributed by atoms with van der Waals surface area (Å²) in [5, 5.41) is 1.66. The second kappa shape index (κ2) is 8.39. The van der Waals surface area contributed by atoms with Crippen LogP contribution in [0.2, 0.25) is 0 Å². The van der Waals surface area contributed by atoms with Gasteiger partial charge in [-0.1, -0.05) is 49.7 Å². The van der Waals surface area contributed by atoms with Crippen molar-refractivity contribution in [2.45, 2.75) is 51.7 Å². The van der Waals surface area contributed by atoms with Gasteiger partial charge in [0.2, 0.25) is 0 Å². The molecule has 0 amide bonds. The number of likely N-dealkylation sites (N-methyl/N-ethyl adjacent to an activating group) is 1. The molecule has 0 unspecified atom stereocenters. The average Bonchev–Trinajstić information content (AvgIpc) is 3.07. The molecule has 2 aromatic heterocycles. The monoisotopic (exact) mass is 413 g/mol. The zero-order valence-corrected chi connectivity index (χ0v) is 18.5. The van der Waals surface area contributed by atoms with E-state index in [2.05, 4.69) is 37.8 Å². The first-order chi connectivity index (χ1) is 13.6. The van der Waals surface area contributed by atoms with Gasteiger partial charge in [-0.05, 0) is 44.0 Å². The Bertz CT molecular complexity index is 1040. The van der Waals surface area contributed by atoms with Crippen LogP contribution < -0.4 is 5.56 Å². The summed E-state index contributed by atoms with van der Waals surface area (Å²) < 4.78 is 1.83. The maximum atomic E-state index is 13.7. The van der Waals surface area contributed by atoms with E-state index in [1.807, 2.05) is 16.7 Å². The van der Waals surface area contributed by atoms with Gasteiger partial charge in [-0.2, -0.15) is 0 Å². The van der Waals surface area contributed by atoms with Crippen LogP contribution in [0, 0.1) is 6.92 Å². The first-order valence-electron chi connectivity index (χ1n) is 10.1. The van der Waals surface area contributed by atoms with Gasteiger partial charge in [0.15, 0.2) is 5.16 Å². The van der Waals surface area contributed by atoms with Crippen LogP contribution >= 0.6 is 23.1 Å². The standard InChI is InChI=1S/C22H27N3OS2/c1-4-6-13-27-22-23-20-19(17-11-12-24(5-2)14-18(17)28-20)21(26)25(22)16-9-7-15(3)8-10-16/h7-10H,4-6,11-14H2,1-3H3. The van der Waals surface area contributed by atoms with Crippen molar-refractivity contribution < 1.29 is 0 Å². The van der Waals surface area contributed by atoms with Gasteiger partial charge in [0.25, 0.3) is 5.56 Å². The minimum atomic E-state index is 0.0929. The maximum Gasteiger partial charge on any atom is 0.267 e. The number of aryl methyl sites for hydroxylation is 1. The first-order valence-corrected chi connectivity index (χ1v) is 11.9. The van der Waals surface area contributed by atoms with Gasteiger partial charge >= 0.3 is 0 Å². The predicted molar refractivity (Wildman–Crippen MR) is 120 cm³/mol. The lowest BCUT2D eigenvalue weighted by atomic mass is 10.1. The van der Waals surface area contributed by atoms with Crippen LogP contribution in [-0.4, -0.2) is 33.3 Å². The largest absolute Gasteiger partial charge is 0.298 e. The summed E-state index contributed by atoms with van der Waals surface area (Å²) in [5.41, 5.74) is 3.43. The molecular formula is C22H27N3OS2. The second-order valence-corrected chi connectivity index (χ2v) is 9.52. The fourth-order valence-corrected chi connectivity index (χ4v) is 6.07. The second-order valence-electron chi connectivity index (χ2n) is 7.38. The number of rotatable bonds is 6. The van der Waals surface area contributed by atoms with Gasteiger partial charge in [0.05, 0.1) is 11.1 Å². The predicted octanol–water partition coefficient (Wildman–Crippen LogP) is 5.03. The summed E-state index contributed by atoms with van der Waals surface area (Å²) in [5.74, 6) is 0.981. The lowest BCUT2D eigenvalue weighted by Crippen LogP contribution is -2.30. The van der Waals surface area contributed by atoms with E-state index in [0.29, 0.717) is 0 Å². The Kier molecular flexibility index (Phi) is 5.90. The normalized spacial score (nSPS) is 14.5. The Hall–Kier alpha value is -1.63. The summed E-state index contributed by atoms with van der Waals surface area (Å²) in [7, 11) is 0. The third kappa shape index (κ3) is 3.65. The number of nitrogens with zero attached hydrogens (tertiary/aromatic N) is 3. The fraction of sp³-hybridized carbons (Fsp3) is 0.455. The van der Waals surface area contributed by atoms with Crippen molar-refractivity contribution in [2.24, 2.45) is 0 Å². The third-order valence-electron chi connectivity index (χ3n) is 5.39. The summed E-state index contributed by atoms with van der Waals surface area (Å²) in [6.07, 6.45) is 3.21. The van der Waals surface area contributed by atoms with Crippen molar-refractivity contribution in [3.05, 3.63) is 50.6 Å². The highest BCUT2D eigenvalue weighted by molar-refractivity contribution is 7.99. The van der Waals surface area contributed by atoms with E-state index < -0.39 is 0 Å². The molecule has 0 N–H and O–H groups in total. The number of thiophene rings is 1. The van der Waals surface area contributed by atoms with Crippen molar-refractivity contribution in [3.8, 4) is 5.69 Å². The molecule has 4 rings (SSSR count). The van der Waals surface area contributed by atoms with Crippen molar-refractivity contribution in [3.63, 3.8) is 0 Å². The van der Waals surface area contributed by atoms with Crippen LogP contribution in [-0.2, 0) is 13.0 Å². The molecule has 0 aliphatic carbocycles. The van der Waals surface area contributed by atoms with Gasteiger partial charge in [-0.3, -0.25) is 14.3 Å². The van der Waals surface area contributed by atoms with Gasteiger partial charge in [0, 0.05) is 23.7 Å². The number of fused-ring (bicyclic) bond motifs is 3. The molecule has 0 radical (unpaired) electrons. The Morgan fingerprint density at radius 2 is 2.00 bits per heavy atom. The van der Waals surface area contributed by atoms with Crippen LogP contribution in [0.5, 0.6) is 0 Å². The fourth-order valence-electron chi connectivity index (χ4n) is 3.67. The topological polar surface area (TPSA) is 38.1 Å². The van der Waals surface area contributed by atoms with E-state index in [4.69, 9.17) is 4.98 Å². The molecule has 1 aliphatic rings. The summed E-state index contributed by atoms with van der Waals surface area (Å²) in [6, 6.07) is 8.20. The molecule has 0 saturated carbocycles. The van der Waals surface area contributed by atoms with Gasteiger partial charge in [-0.15, -0.1) is 11.3 Å². The Morgan fingerprint density at radius 3 is 2.71 bits per heavy atom. The van der Waals surface area contributed by atoms with Crippen molar-refractivity contribution in [1.82, 2.24) is 14.5 Å². The van der Waals surface area contributed by atoms with Crippen LogP contribution in [0.4, 0.5) is 0 Å². The zero-order valence-electron chi connectivity index (χ0n) is 16.8. The lowest BCUT2D eigenvalue weighted by molar-refractivity contribution is 0.272. The van der Waals surface area contributed by atoms with Crippen molar-refractivity contribution in [2.75, 3.05) is 18.8 Å². The van der Waals surface area contributed by atoms with E-state index >= 15 is 0 Å². The molecule has 3 aromatic rings. The SMILES string of the molecule is CCCCSc1nc2sc3c(c2c(=O)n1-c1ccc(C)cc1)CCN(CC)C3. The lowest BCUT2D eigenvalue weighted by Gasteiger charge is -2.25. The van der Waals surface area contributed by atoms with E-state index in [-0.39, 0.29) is 5.56 Å². The highest BCUT2D eigenvalue weighted by Gasteiger charge is 2.25. The Morgan fingerprint density at radius 1 is 1.21 bits per heavy atom. The molecule has 6 heteroatoms. The number of hydrogen-bond acceptors (Lipinski definition) is 5. The van der Waals surface area contributed by atoms with Crippen LogP contribution in [0.25, 0.3) is 15.9 Å². The molecule has 0 bridgehead atoms. The van der Waals surface area contributed by atoms with Gasteiger partial charge in [-0.25, -0.2) is 4.98 Å². The number of thioether (sulfide) groups is 1. The van der Waals surface area contributed by atoms with Gasteiger partial charge < -0.3 is 0 Å². The molecule has 3 heterocycles. The van der Waals surface area contributed by atoms with E-state index in [1.54, 1.807) is 23.1 Å². The summed E-state index contributed by atoms with van der Waals surface area (Å²) >= 11 is 3.41. The van der Waals surface area contributed by atoms with E-state index in [0.717, 1.165) is 65.7 Å². The molecule has 1 aromatic carbocycles. The zero-order chi connectivity index (χ0) is 19.7. The van der Waals surface area contributed by atoms with Crippen LogP contribution in [0.15, 0.2) is 34.2 Å². The first kappa shape index (κ1) is 19.7. The van der Waals surface area contributed by atoms with Crippen molar-refractivity contribution in [1.29, 1.82) is 0 Å². The molecule has 4 nitrogen and oxygen atoms in total. The molecule has 0 fully saturated rings. The number of unbranched alkanes of at least 4 members (excludes halogenated alkanes) is 1. The summed E-state index contributed by atoms with van der Waals surface area (Å²) in [6.45, 7) is 9.47. The highest BCUT2D eigenvalue weighted by Crippen LogP contribution is 2.34. The molecule has 148 valence electrons. The molecule has 0 atom stereocenters. The Labute approximate surface area is 174 Å². The van der Waals surface area contributed by atoms with Crippen molar-refractivity contribution >= 4 is 33.3 Å².